The van der Waals surface area contributed by atoms with Crippen molar-refractivity contribution >= 4 is 5.91 Å². The Morgan fingerprint density at radius 2 is 2.18 bits per heavy atom. The van der Waals surface area contributed by atoms with Crippen molar-refractivity contribution in [3.63, 3.8) is 0 Å². The van der Waals surface area contributed by atoms with Crippen LogP contribution in [0, 0.1) is 5.92 Å². The summed E-state index contributed by atoms with van der Waals surface area (Å²) >= 11 is 0. The minimum Gasteiger partial charge on any atom is -0.371 e. The molecule has 1 aromatic heterocycles. The predicted molar refractivity (Wildman–Crippen MR) is 83.9 cm³/mol. The average molecular weight is 304 g/mol. The Hall–Kier alpha value is -1.62. The largest absolute Gasteiger partial charge is 0.371 e. The van der Waals surface area contributed by atoms with E-state index in [1.807, 2.05) is 4.90 Å². The van der Waals surface area contributed by atoms with Crippen molar-refractivity contribution < 1.29 is 9.53 Å². The summed E-state index contributed by atoms with van der Waals surface area (Å²) < 4.78 is 6.19. The molecule has 0 bridgehead atoms. The van der Waals surface area contributed by atoms with Gasteiger partial charge in [0.1, 0.15) is 5.69 Å². The van der Waals surface area contributed by atoms with E-state index < -0.39 is 0 Å². The lowest BCUT2D eigenvalue weighted by Gasteiger charge is -2.38. The monoisotopic (exact) mass is 304 g/mol. The number of H-pyrrole nitrogens is 1. The lowest BCUT2D eigenvalue weighted by Crippen LogP contribution is -2.51. The smallest absolute Gasteiger partial charge is 0.270 e. The molecule has 2 atom stereocenters. The molecule has 1 aliphatic carbocycles. The van der Waals surface area contributed by atoms with Crippen molar-refractivity contribution in [2.24, 2.45) is 5.92 Å². The minimum absolute atomic E-state index is 0.0897. The third-order valence-electron chi connectivity index (χ3n) is 4.51. The highest BCUT2D eigenvalue weighted by Crippen LogP contribution is 2.37. The van der Waals surface area contributed by atoms with E-state index in [0.29, 0.717) is 24.7 Å². The molecule has 3 rings (SSSR count). The number of carbonyl (C=O) groups excluding carboxylic acids is 1. The molecule has 1 saturated carbocycles. The van der Waals surface area contributed by atoms with Gasteiger partial charge in [0.05, 0.1) is 12.2 Å². The van der Waals surface area contributed by atoms with E-state index in [0.717, 1.165) is 19.3 Å². The molecular formula is C17H24N2O3. The molecule has 0 spiro atoms. The highest BCUT2D eigenvalue weighted by atomic mass is 16.5. The van der Waals surface area contributed by atoms with E-state index in [1.165, 1.54) is 18.9 Å². The van der Waals surface area contributed by atoms with Gasteiger partial charge in [-0.1, -0.05) is 25.8 Å². The first kappa shape index (κ1) is 15.3. The first-order chi connectivity index (χ1) is 10.7. The van der Waals surface area contributed by atoms with Crippen molar-refractivity contribution in [1.29, 1.82) is 0 Å². The molecule has 5 nitrogen and oxygen atoms in total. The molecule has 1 aromatic rings. The number of carbonyl (C=O) groups is 1. The van der Waals surface area contributed by atoms with Crippen LogP contribution >= 0.6 is 0 Å². The van der Waals surface area contributed by atoms with Gasteiger partial charge in [-0.05, 0) is 31.2 Å². The van der Waals surface area contributed by atoms with Gasteiger partial charge in [0.25, 0.3) is 5.91 Å². The first-order valence-electron chi connectivity index (χ1n) is 8.31. The van der Waals surface area contributed by atoms with Crippen LogP contribution in [0.1, 0.15) is 49.5 Å². The number of ether oxygens (including phenoxy) is 1. The third-order valence-corrected chi connectivity index (χ3v) is 4.51. The first-order valence-corrected chi connectivity index (χ1v) is 8.31. The van der Waals surface area contributed by atoms with Crippen molar-refractivity contribution in [2.45, 2.75) is 51.2 Å². The molecule has 2 fully saturated rings. The van der Waals surface area contributed by atoms with Gasteiger partial charge in [0, 0.05) is 19.2 Å². The van der Waals surface area contributed by atoms with Crippen molar-refractivity contribution in [3.8, 4) is 0 Å². The van der Waals surface area contributed by atoms with Crippen LogP contribution in [0.25, 0.3) is 0 Å². The fraction of sp³-hybridized carbons (Fsp3) is 0.647. The Bertz CT molecular complexity index is 579. The highest BCUT2D eigenvalue weighted by Gasteiger charge is 2.39. The maximum Gasteiger partial charge on any atom is 0.270 e. The lowest BCUT2D eigenvalue weighted by molar-refractivity contribution is -0.0875. The molecule has 2 heterocycles. The van der Waals surface area contributed by atoms with Gasteiger partial charge in [-0.3, -0.25) is 9.59 Å². The summed E-state index contributed by atoms with van der Waals surface area (Å²) in [6.45, 7) is 3.43. The maximum atomic E-state index is 12.7. The number of nitrogens with zero attached hydrogens (tertiary/aromatic N) is 1. The molecule has 2 aliphatic rings. The normalized spacial score (nSPS) is 25.2. The summed E-state index contributed by atoms with van der Waals surface area (Å²) in [5, 5.41) is 0. The number of amides is 1. The summed E-state index contributed by atoms with van der Waals surface area (Å²) in [5.41, 5.74) is 0.138. The Morgan fingerprint density at radius 1 is 1.36 bits per heavy atom. The van der Waals surface area contributed by atoms with Gasteiger partial charge in [-0.25, -0.2) is 0 Å². The fourth-order valence-electron chi connectivity index (χ4n) is 3.10. The topological polar surface area (TPSA) is 62.4 Å². The quantitative estimate of drug-likeness (QED) is 0.907. The zero-order valence-electron chi connectivity index (χ0n) is 13.1. The van der Waals surface area contributed by atoms with Crippen molar-refractivity contribution in [2.75, 3.05) is 13.1 Å². The van der Waals surface area contributed by atoms with E-state index in [1.54, 1.807) is 12.1 Å². The number of rotatable bonds is 5. The molecule has 1 N–H and O–H groups in total. The van der Waals surface area contributed by atoms with E-state index in [9.17, 15) is 9.59 Å². The van der Waals surface area contributed by atoms with Crippen LogP contribution in [-0.2, 0) is 4.74 Å². The Balaban J connectivity index is 1.72. The number of hydrogen-bond acceptors (Lipinski definition) is 3. The summed E-state index contributed by atoms with van der Waals surface area (Å²) in [6.07, 6.45) is 5.94. The zero-order chi connectivity index (χ0) is 15.5. The average Bonchev–Trinajstić information content (AvgIpc) is 3.37. The Morgan fingerprint density at radius 3 is 2.86 bits per heavy atom. The second-order valence-electron chi connectivity index (χ2n) is 6.42. The van der Waals surface area contributed by atoms with Crippen LogP contribution in [0.5, 0.6) is 0 Å². The molecule has 5 heteroatoms. The molecule has 1 aliphatic heterocycles. The number of aromatic nitrogens is 1. The second-order valence-corrected chi connectivity index (χ2v) is 6.42. The molecule has 1 saturated heterocycles. The van der Waals surface area contributed by atoms with Gasteiger partial charge in [0.15, 0.2) is 0 Å². The molecule has 22 heavy (non-hydrogen) atoms. The van der Waals surface area contributed by atoms with Crippen molar-refractivity contribution in [3.05, 3.63) is 34.2 Å². The highest BCUT2D eigenvalue weighted by molar-refractivity contribution is 5.92. The standard InChI is InChI=1S/C17H24N2O3/c1-2-3-5-13-10-19(11-15(22-13)12-8-9-12)17(21)14-6-4-7-16(20)18-14/h4,6-7,12-13,15H,2-3,5,8-11H2,1H3,(H,18,20)/t13-,15-/m1/s1. The number of unbranched alkanes of at least 4 members (excludes halogenated alkanes) is 1. The fourth-order valence-corrected chi connectivity index (χ4v) is 3.10. The SMILES string of the molecule is CCCC[C@@H]1CN(C(=O)c2cccc(=O)[nH]2)C[C@H](C2CC2)O1. The van der Waals surface area contributed by atoms with E-state index in [-0.39, 0.29) is 23.7 Å². The molecule has 120 valence electrons. The number of hydrogen-bond donors (Lipinski definition) is 1. The van der Waals surface area contributed by atoms with Crippen molar-refractivity contribution in [1.82, 2.24) is 9.88 Å². The Kier molecular flexibility index (Phi) is 4.62. The minimum atomic E-state index is -0.236. The van der Waals surface area contributed by atoms with Crippen LogP contribution in [0.3, 0.4) is 0 Å². The van der Waals surface area contributed by atoms with Gasteiger partial charge < -0.3 is 14.6 Å². The zero-order valence-corrected chi connectivity index (χ0v) is 13.1. The lowest BCUT2D eigenvalue weighted by atomic mass is 10.1. The van der Waals surface area contributed by atoms with E-state index in [2.05, 4.69) is 11.9 Å². The summed E-state index contributed by atoms with van der Waals surface area (Å²) in [7, 11) is 0. The number of pyridine rings is 1. The summed E-state index contributed by atoms with van der Waals surface area (Å²) in [6, 6.07) is 4.72. The van der Waals surface area contributed by atoms with Crippen LogP contribution in [0.15, 0.2) is 23.0 Å². The van der Waals surface area contributed by atoms with Crippen LogP contribution in [-0.4, -0.2) is 41.1 Å². The number of morpholine rings is 1. The third kappa shape index (κ3) is 3.58. The van der Waals surface area contributed by atoms with Crippen LogP contribution < -0.4 is 5.56 Å². The van der Waals surface area contributed by atoms with Gasteiger partial charge >= 0.3 is 0 Å². The second kappa shape index (κ2) is 6.65. The molecule has 0 unspecified atom stereocenters. The molecule has 0 radical (unpaired) electrons. The summed E-state index contributed by atoms with van der Waals surface area (Å²) in [4.78, 5) is 28.6. The Labute approximate surface area is 130 Å². The van der Waals surface area contributed by atoms with Crippen LogP contribution in [0.2, 0.25) is 0 Å². The molecule has 1 amide bonds. The maximum absolute atomic E-state index is 12.7. The predicted octanol–water partition coefficient (Wildman–Crippen LogP) is 2.18. The number of nitrogens with one attached hydrogen (secondary N) is 1. The number of aromatic amines is 1. The van der Waals surface area contributed by atoms with Gasteiger partial charge in [-0.2, -0.15) is 0 Å². The summed E-state index contributed by atoms with van der Waals surface area (Å²) in [5.74, 6) is 0.516. The van der Waals surface area contributed by atoms with Gasteiger partial charge in [-0.15, -0.1) is 0 Å². The van der Waals surface area contributed by atoms with E-state index in [4.69, 9.17) is 4.74 Å². The van der Waals surface area contributed by atoms with E-state index >= 15 is 0 Å². The molecule has 0 aromatic carbocycles. The molecular weight excluding hydrogens is 280 g/mol. The van der Waals surface area contributed by atoms with Crippen LogP contribution in [0.4, 0.5) is 0 Å². The van der Waals surface area contributed by atoms with Gasteiger partial charge in [0.2, 0.25) is 5.56 Å².